The van der Waals surface area contributed by atoms with E-state index in [4.69, 9.17) is 28.8 Å². The third kappa shape index (κ3) is 3.86. The van der Waals surface area contributed by atoms with Crippen LogP contribution in [0.25, 0.3) is 0 Å². The van der Waals surface area contributed by atoms with Gasteiger partial charge < -0.3 is 17.2 Å². The van der Waals surface area contributed by atoms with E-state index in [1.54, 1.807) is 6.07 Å². The van der Waals surface area contributed by atoms with Crippen molar-refractivity contribution in [3.8, 4) is 0 Å². The Bertz CT molecular complexity index is 395. The fraction of sp³-hybridized carbons (Fsp3) is 0.111. The van der Waals surface area contributed by atoms with E-state index in [0.29, 0.717) is 11.6 Å². The van der Waals surface area contributed by atoms with Gasteiger partial charge in [-0.15, -0.1) is 0 Å². The highest BCUT2D eigenvalue weighted by Crippen LogP contribution is 2.15. The highest BCUT2D eigenvalue weighted by molar-refractivity contribution is 6.31. The maximum atomic E-state index is 5.92. The fourth-order valence-electron chi connectivity index (χ4n) is 0.960. The van der Waals surface area contributed by atoms with Gasteiger partial charge in [0, 0.05) is 5.02 Å². The molecule has 0 heterocycles. The van der Waals surface area contributed by atoms with Gasteiger partial charge in [0.2, 0.25) is 5.96 Å². The van der Waals surface area contributed by atoms with Gasteiger partial charge >= 0.3 is 0 Å². The molecule has 15 heavy (non-hydrogen) atoms. The number of benzene rings is 1. The summed E-state index contributed by atoms with van der Waals surface area (Å²) in [4.78, 5) is 7.54. The number of aliphatic imine (C=N–C) groups is 2. The summed E-state index contributed by atoms with van der Waals surface area (Å²) in [5, 5.41) is 0.638. The first-order valence-corrected chi connectivity index (χ1v) is 4.60. The summed E-state index contributed by atoms with van der Waals surface area (Å²) >= 11 is 5.92. The van der Waals surface area contributed by atoms with Crippen molar-refractivity contribution in [2.75, 3.05) is 0 Å². The molecule has 0 atom stereocenters. The first-order chi connectivity index (χ1) is 7.09. The Morgan fingerprint density at radius 3 is 2.47 bits per heavy atom. The van der Waals surface area contributed by atoms with Gasteiger partial charge in [-0.1, -0.05) is 29.8 Å². The van der Waals surface area contributed by atoms with E-state index in [9.17, 15) is 0 Å². The second-order valence-corrected chi connectivity index (χ2v) is 3.21. The Kier molecular flexibility index (Phi) is 3.93. The molecule has 6 N–H and O–H groups in total. The Hall–Kier alpha value is -1.75. The molecule has 0 saturated carbocycles. The molecule has 0 aliphatic rings. The number of guanidine groups is 2. The predicted molar refractivity (Wildman–Crippen MR) is 62.6 cm³/mol. The summed E-state index contributed by atoms with van der Waals surface area (Å²) in [7, 11) is 0. The normalized spacial score (nSPS) is 11.1. The minimum Gasteiger partial charge on any atom is -0.370 e. The Balaban J connectivity index is 2.72. The minimum atomic E-state index is -0.115. The van der Waals surface area contributed by atoms with Crippen molar-refractivity contribution in [2.24, 2.45) is 27.2 Å². The topological polar surface area (TPSA) is 103 Å². The van der Waals surface area contributed by atoms with Gasteiger partial charge in [0.05, 0.1) is 6.54 Å². The van der Waals surface area contributed by atoms with Crippen LogP contribution in [0.3, 0.4) is 0 Å². The first-order valence-electron chi connectivity index (χ1n) is 4.22. The standard InChI is InChI=1S/C9H12ClN5/c10-7-4-2-1-3-6(7)5-14-9(13)15-8(11)12/h1-4H,5H2,(H6,11,12,13,14,15). The molecule has 6 heteroatoms. The zero-order valence-electron chi connectivity index (χ0n) is 8.02. The van der Waals surface area contributed by atoms with Crippen LogP contribution in [0, 0.1) is 0 Å². The number of nitrogens with zero attached hydrogens (tertiary/aromatic N) is 2. The molecule has 0 radical (unpaired) electrons. The Morgan fingerprint density at radius 2 is 1.87 bits per heavy atom. The van der Waals surface area contributed by atoms with Crippen molar-refractivity contribution in [2.45, 2.75) is 6.54 Å². The predicted octanol–water partition coefficient (Wildman–Crippen LogP) is 0.428. The van der Waals surface area contributed by atoms with Crippen LogP contribution in [0.2, 0.25) is 5.02 Å². The lowest BCUT2D eigenvalue weighted by Crippen LogP contribution is -2.26. The van der Waals surface area contributed by atoms with Gasteiger partial charge in [-0.3, -0.25) is 0 Å². The molecule has 0 aromatic heterocycles. The second kappa shape index (κ2) is 5.21. The van der Waals surface area contributed by atoms with E-state index in [1.165, 1.54) is 0 Å². The monoisotopic (exact) mass is 225 g/mol. The number of hydrogen-bond donors (Lipinski definition) is 3. The van der Waals surface area contributed by atoms with Crippen LogP contribution in [-0.2, 0) is 6.54 Å². The van der Waals surface area contributed by atoms with Gasteiger partial charge in [-0.05, 0) is 11.6 Å². The van der Waals surface area contributed by atoms with E-state index in [0.717, 1.165) is 5.56 Å². The van der Waals surface area contributed by atoms with Crippen molar-refractivity contribution in [1.29, 1.82) is 0 Å². The molecule has 0 unspecified atom stereocenters. The van der Waals surface area contributed by atoms with Crippen molar-refractivity contribution in [3.05, 3.63) is 34.9 Å². The number of hydrogen-bond acceptors (Lipinski definition) is 1. The molecule has 1 rings (SSSR count). The third-order valence-corrected chi connectivity index (χ3v) is 1.98. The summed E-state index contributed by atoms with van der Waals surface area (Å²) in [6.45, 7) is 0.349. The lowest BCUT2D eigenvalue weighted by Gasteiger charge is -1.99. The lowest BCUT2D eigenvalue weighted by molar-refractivity contribution is 1.05. The van der Waals surface area contributed by atoms with E-state index < -0.39 is 0 Å². The SMILES string of the molecule is NC(N)=NC(N)=NCc1ccccc1Cl. The van der Waals surface area contributed by atoms with Crippen LogP contribution < -0.4 is 17.2 Å². The molecule has 5 nitrogen and oxygen atoms in total. The van der Waals surface area contributed by atoms with Gasteiger partial charge in [-0.2, -0.15) is 4.99 Å². The molecule has 1 aromatic rings. The average Bonchev–Trinajstić information content (AvgIpc) is 2.15. The molecule has 1 aromatic carbocycles. The van der Waals surface area contributed by atoms with Crippen molar-refractivity contribution < 1.29 is 0 Å². The van der Waals surface area contributed by atoms with Gasteiger partial charge in [0.15, 0.2) is 5.96 Å². The minimum absolute atomic E-state index is 0.0370. The van der Waals surface area contributed by atoms with E-state index >= 15 is 0 Å². The quantitative estimate of drug-likeness (QED) is 0.502. The van der Waals surface area contributed by atoms with E-state index in [-0.39, 0.29) is 11.9 Å². The Morgan fingerprint density at radius 1 is 1.20 bits per heavy atom. The van der Waals surface area contributed by atoms with Crippen LogP contribution in [0.4, 0.5) is 0 Å². The molecule has 0 aliphatic carbocycles. The zero-order chi connectivity index (χ0) is 11.3. The van der Waals surface area contributed by atoms with Crippen LogP contribution in [0.15, 0.2) is 34.3 Å². The maximum absolute atomic E-state index is 5.92. The van der Waals surface area contributed by atoms with Crippen molar-refractivity contribution in [3.63, 3.8) is 0 Å². The lowest BCUT2D eigenvalue weighted by atomic mass is 10.2. The van der Waals surface area contributed by atoms with Gasteiger partial charge in [0.1, 0.15) is 0 Å². The van der Waals surface area contributed by atoms with Crippen molar-refractivity contribution >= 4 is 23.5 Å². The number of nitrogens with two attached hydrogens (primary N) is 3. The molecule has 0 saturated heterocycles. The fourth-order valence-corrected chi connectivity index (χ4v) is 1.16. The average molecular weight is 226 g/mol. The van der Waals surface area contributed by atoms with Gasteiger partial charge in [0.25, 0.3) is 0 Å². The molecule has 80 valence electrons. The largest absolute Gasteiger partial charge is 0.370 e. The summed E-state index contributed by atoms with van der Waals surface area (Å²) in [5.41, 5.74) is 16.6. The summed E-state index contributed by atoms with van der Waals surface area (Å²) in [6, 6.07) is 7.35. The molecule has 0 bridgehead atoms. The van der Waals surface area contributed by atoms with Crippen LogP contribution >= 0.6 is 11.6 Å². The molecular formula is C9H12ClN5. The highest BCUT2D eigenvalue weighted by atomic mass is 35.5. The molecule has 0 spiro atoms. The van der Waals surface area contributed by atoms with Crippen molar-refractivity contribution in [1.82, 2.24) is 0 Å². The summed E-state index contributed by atoms with van der Waals surface area (Å²) in [6.07, 6.45) is 0. The summed E-state index contributed by atoms with van der Waals surface area (Å²) < 4.78 is 0. The first kappa shape index (κ1) is 11.3. The number of rotatable bonds is 2. The zero-order valence-corrected chi connectivity index (χ0v) is 8.78. The highest BCUT2D eigenvalue weighted by Gasteiger charge is 1.97. The van der Waals surface area contributed by atoms with E-state index in [2.05, 4.69) is 9.98 Å². The molecular weight excluding hydrogens is 214 g/mol. The smallest absolute Gasteiger partial charge is 0.218 e. The van der Waals surface area contributed by atoms with E-state index in [1.807, 2.05) is 18.2 Å². The van der Waals surface area contributed by atoms with Crippen LogP contribution in [-0.4, -0.2) is 11.9 Å². The second-order valence-electron chi connectivity index (χ2n) is 2.80. The number of halogens is 1. The van der Waals surface area contributed by atoms with Crippen LogP contribution in [0.1, 0.15) is 5.56 Å². The van der Waals surface area contributed by atoms with Gasteiger partial charge in [-0.25, -0.2) is 4.99 Å². The summed E-state index contributed by atoms with van der Waals surface area (Å²) in [5.74, 6) is -0.0784. The molecule has 0 aliphatic heterocycles. The third-order valence-electron chi connectivity index (χ3n) is 1.61. The van der Waals surface area contributed by atoms with Crippen LogP contribution in [0.5, 0.6) is 0 Å². The molecule has 0 amide bonds. The molecule has 0 fully saturated rings. The maximum Gasteiger partial charge on any atom is 0.218 e. The Labute approximate surface area is 92.6 Å².